The SMILES string of the molecule is COc1c(O)c(O)c2c(c1OC)C(OC)(OC)C(=O)C(OC)(c1ccccc1)O2. The second kappa shape index (κ2) is 7.43. The van der Waals surface area contributed by atoms with Crippen molar-refractivity contribution < 1.29 is 43.4 Å². The van der Waals surface area contributed by atoms with Crippen molar-refractivity contribution in [3.63, 3.8) is 0 Å². The summed E-state index contributed by atoms with van der Waals surface area (Å²) in [5, 5.41) is 21.1. The highest BCUT2D eigenvalue weighted by atomic mass is 16.7. The molecule has 2 aromatic rings. The lowest BCUT2D eigenvalue weighted by molar-refractivity contribution is -0.265. The van der Waals surface area contributed by atoms with E-state index in [0.717, 1.165) is 0 Å². The van der Waals surface area contributed by atoms with Crippen molar-refractivity contribution in [1.82, 2.24) is 0 Å². The molecule has 1 atom stereocenters. The largest absolute Gasteiger partial charge is 0.502 e. The number of phenols is 2. The maximum atomic E-state index is 13.7. The summed E-state index contributed by atoms with van der Waals surface area (Å²) in [6.45, 7) is 0. The first kappa shape index (κ1) is 20.7. The molecule has 0 spiro atoms. The Labute approximate surface area is 167 Å². The number of ether oxygens (including phenoxy) is 6. The third kappa shape index (κ3) is 2.62. The molecular formula is C20H22O9. The van der Waals surface area contributed by atoms with Crippen LogP contribution in [-0.4, -0.2) is 51.5 Å². The van der Waals surface area contributed by atoms with E-state index in [9.17, 15) is 15.0 Å². The van der Waals surface area contributed by atoms with Crippen LogP contribution in [0.4, 0.5) is 0 Å². The summed E-state index contributed by atoms with van der Waals surface area (Å²) in [6, 6.07) is 8.36. The van der Waals surface area contributed by atoms with Crippen molar-refractivity contribution in [3.8, 4) is 28.7 Å². The van der Waals surface area contributed by atoms with Crippen LogP contribution in [0.3, 0.4) is 0 Å². The molecule has 1 aliphatic heterocycles. The smallest absolute Gasteiger partial charge is 0.303 e. The van der Waals surface area contributed by atoms with Gasteiger partial charge < -0.3 is 38.6 Å². The minimum atomic E-state index is -2.11. The fourth-order valence-corrected chi connectivity index (χ4v) is 3.53. The van der Waals surface area contributed by atoms with Crippen molar-refractivity contribution in [1.29, 1.82) is 0 Å². The van der Waals surface area contributed by atoms with Gasteiger partial charge in [0.15, 0.2) is 11.5 Å². The van der Waals surface area contributed by atoms with Gasteiger partial charge in [0.1, 0.15) is 5.56 Å². The number of Topliss-reactive ketones (excluding diaryl/α,β-unsaturated/α-hetero) is 1. The number of ketones is 1. The van der Waals surface area contributed by atoms with Gasteiger partial charge in [-0.25, -0.2) is 0 Å². The first-order valence-electron chi connectivity index (χ1n) is 8.53. The van der Waals surface area contributed by atoms with Gasteiger partial charge in [-0.1, -0.05) is 30.3 Å². The summed E-state index contributed by atoms with van der Waals surface area (Å²) < 4.78 is 33.0. The monoisotopic (exact) mass is 406 g/mol. The van der Waals surface area contributed by atoms with Crippen LogP contribution in [0.2, 0.25) is 0 Å². The first-order chi connectivity index (χ1) is 13.9. The summed E-state index contributed by atoms with van der Waals surface area (Å²) >= 11 is 0. The number of fused-ring (bicyclic) bond motifs is 1. The lowest BCUT2D eigenvalue weighted by atomic mass is 9.86. The van der Waals surface area contributed by atoms with Crippen molar-refractivity contribution in [2.24, 2.45) is 0 Å². The van der Waals surface area contributed by atoms with Crippen LogP contribution in [0.5, 0.6) is 28.7 Å². The van der Waals surface area contributed by atoms with E-state index in [1.165, 1.54) is 35.5 Å². The van der Waals surface area contributed by atoms with E-state index in [2.05, 4.69) is 0 Å². The standard InChI is InChI=1S/C20H22O9/c1-24-16-12-15(13(21)14(22)17(16)25-2)29-19(26-3,11-9-7-6-8-10-11)18(23)20(12,27-4)28-5/h6-10,21-22H,1-5H3. The van der Waals surface area contributed by atoms with E-state index in [-0.39, 0.29) is 22.8 Å². The molecular weight excluding hydrogens is 384 g/mol. The number of carbonyl (C=O) groups is 1. The first-order valence-corrected chi connectivity index (χ1v) is 8.53. The van der Waals surface area contributed by atoms with Gasteiger partial charge in [-0.15, -0.1) is 0 Å². The molecule has 0 aliphatic carbocycles. The molecule has 0 bridgehead atoms. The highest BCUT2D eigenvalue weighted by molar-refractivity contribution is 5.98. The maximum Gasteiger partial charge on any atom is 0.303 e. The number of benzene rings is 2. The fourth-order valence-electron chi connectivity index (χ4n) is 3.53. The number of hydrogen-bond acceptors (Lipinski definition) is 9. The molecule has 156 valence electrons. The van der Waals surface area contributed by atoms with Crippen LogP contribution in [0.1, 0.15) is 11.1 Å². The Morgan fingerprint density at radius 2 is 1.41 bits per heavy atom. The van der Waals surface area contributed by atoms with Gasteiger partial charge in [-0.3, -0.25) is 4.79 Å². The van der Waals surface area contributed by atoms with Crippen LogP contribution >= 0.6 is 0 Å². The van der Waals surface area contributed by atoms with E-state index >= 15 is 0 Å². The van der Waals surface area contributed by atoms with Crippen molar-refractivity contribution in [2.45, 2.75) is 11.6 Å². The lowest BCUT2D eigenvalue weighted by Gasteiger charge is -2.44. The third-order valence-corrected chi connectivity index (χ3v) is 4.91. The van der Waals surface area contributed by atoms with E-state index < -0.39 is 28.9 Å². The number of phenolic OH excluding ortho intramolecular Hbond substituents is 2. The summed E-state index contributed by atoms with van der Waals surface area (Å²) in [6.07, 6.45) is 0. The summed E-state index contributed by atoms with van der Waals surface area (Å²) in [5.74, 6) is -6.88. The number of carbonyl (C=O) groups excluding carboxylic acids is 1. The van der Waals surface area contributed by atoms with Crippen molar-refractivity contribution in [2.75, 3.05) is 35.5 Å². The Hall–Kier alpha value is -3.01. The van der Waals surface area contributed by atoms with E-state index in [0.29, 0.717) is 5.56 Å². The van der Waals surface area contributed by atoms with E-state index in [4.69, 9.17) is 28.4 Å². The summed E-state index contributed by atoms with van der Waals surface area (Å²) in [7, 11) is 6.32. The van der Waals surface area contributed by atoms with Crippen molar-refractivity contribution >= 4 is 5.78 Å². The molecule has 0 amide bonds. The number of rotatable bonds is 6. The molecule has 1 heterocycles. The number of methoxy groups -OCH3 is 5. The molecule has 2 aromatic carbocycles. The molecule has 0 saturated carbocycles. The molecule has 0 aromatic heterocycles. The fraction of sp³-hybridized carbons (Fsp3) is 0.350. The van der Waals surface area contributed by atoms with Gasteiger partial charge >= 0.3 is 5.79 Å². The summed E-state index contributed by atoms with van der Waals surface area (Å²) in [4.78, 5) is 13.7. The quantitative estimate of drug-likeness (QED) is 0.549. The van der Waals surface area contributed by atoms with Gasteiger partial charge in [0.2, 0.25) is 17.2 Å². The Morgan fingerprint density at radius 1 is 0.828 bits per heavy atom. The highest BCUT2D eigenvalue weighted by Gasteiger charge is 2.64. The zero-order valence-corrected chi connectivity index (χ0v) is 16.6. The maximum absolute atomic E-state index is 13.7. The topological polar surface area (TPSA) is 113 Å². The predicted molar refractivity (Wildman–Crippen MR) is 99.3 cm³/mol. The average Bonchev–Trinajstić information content (AvgIpc) is 2.77. The molecule has 0 fully saturated rings. The van der Waals surface area contributed by atoms with E-state index in [1.54, 1.807) is 30.3 Å². The molecule has 0 radical (unpaired) electrons. The molecule has 1 aliphatic rings. The Bertz CT molecular complexity index is 922. The zero-order valence-electron chi connectivity index (χ0n) is 16.6. The average molecular weight is 406 g/mol. The van der Waals surface area contributed by atoms with Gasteiger partial charge in [0.25, 0.3) is 11.6 Å². The van der Waals surface area contributed by atoms with Crippen LogP contribution in [0, 0.1) is 0 Å². The van der Waals surface area contributed by atoms with Crippen LogP contribution in [0.15, 0.2) is 30.3 Å². The van der Waals surface area contributed by atoms with Gasteiger partial charge in [-0.05, 0) is 0 Å². The Kier molecular flexibility index (Phi) is 5.31. The highest BCUT2D eigenvalue weighted by Crippen LogP contribution is 2.61. The molecule has 3 rings (SSSR count). The Morgan fingerprint density at radius 3 is 1.90 bits per heavy atom. The number of aromatic hydroxyl groups is 2. The zero-order chi connectivity index (χ0) is 21.4. The third-order valence-electron chi connectivity index (χ3n) is 4.91. The van der Waals surface area contributed by atoms with Crippen LogP contribution < -0.4 is 14.2 Å². The molecule has 0 saturated heterocycles. The van der Waals surface area contributed by atoms with Crippen LogP contribution in [-0.2, 0) is 30.6 Å². The molecule has 9 heteroatoms. The normalized spacial score (nSPS) is 20.0. The lowest BCUT2D eigenvalue weighted by Crippen LogP contribution is -2.58. The van der Waals surface area contributed by atoms with Crippen LogP contribution in [0.25, 0.3) is 0 Å². The minimum Gasteiger partial charge on any atom is -0.502 e. The number of hydrogen-bond donors (Lipinski definition) is 2. The molecule has 29 heavy (non-hydrogen) atoms. The van der Waals surface area contributed by atoms with Crippen molar-refractivity contribution in [3.05, 3.63) is 41.5 Å². The van der Waals surface area contributed by atoms with E-state index in [1.807, 2.05) is 0 Å². The van der Waals surface area contributed by atoms with Gasteiger partial charge in [0.05, 0.1) is 14.2 Å². The van der Waals surface area contributed by atoms with Gasteiger partial charge in [0, 0.05) is 26.9 Å². The molecule has 1 unspecified atom stereocenters. The second-order valence-electron chi connectivity index (χ2n) is 6.11. The molecule has 2 N–H and O–H groups in total. The van der Waals surface area contributed by atoms with Gasteiger partial charge in [-0.2, -0.15) is 0 Å². The molecule has 9 nitrogen and oxygen atoms in total. The minimum absolute atomic E-state index is 0.104. The second-order valence-corrected chi connectivity index (χ2v) is 6.11. The predicted octanol–water partition coefficient (Wildman–Crippen LogP) is 2.02. The Balaban J connectivity index is 2.46. The summed E-state index contributed by atoms with van der Waals surface area (Å²) in [5.41, 5.74) is 0.219.